The number of hydrogen-bond acceptors (Lipinski definition) is 3. The third-order valence-electron chi connectivity index (χ3n) is 1.35. The van der Waals surface area contributed by atoms with E-state index < -0.39 is 5.79 Å². The first-order valence-electron chi connectivity index (χ1n) is 3.12. The number of rotatable bonds is 0. The standard InChI is InChI=1S/C6H13NO2/c1-4-5(7)9-6(2,3)8-4/h4-5H,7H2,1-3H3. The second kappa shape index (κ2) is 1.94. The van der Waals surface area contributed by atoms with Crippen molar-refractivity contribution in [2.45, 2.75) is 38.9 Å². The van der Waals surface area contributed by atoms with Gasteiger partial charge in [-0.05, 0) is 20.8 Å². The van der Waals surface area contributed by atoms with Crippen LogP contribution in [0.5, 0.6) is 0 Å². The zero-order valence-electron chi connectivity index (χ0n) is 6.05. The quantitative estimate of drug-likeness (QED) is 0.519. The summed E-state index contributed by atoms with van der Waals surface area (Å²) in [6.07, 6.45) is -0.250. The maximum atomic E-state index is 5.51. The summed E-state index contributed by atoms with van der Waals surface area (Å²) in [4.78, 5) is 0. The minimum atomic E-state index is -0.487. The van der Waals surface area contributed by atoms with Gasteiger partial charge in [-0.1, -0.05) is 0 Å². The summed E-state index contributed by atoms with van der Waals surface area (Å²) in [5.74, 6) is -0.487. The molecule has 1 saturated heterocycles. The summed E-state index contributed by atoms with van der Waals surface area (Å²) in [6.45, 7) is 5.62. The van der Waals surface area contributed by atoms with Crippen LogP contribution in [0.15, 0.2) is 0 Å². The van der Waals surface area contributed by atoms with Crippen molar-refractivity contribution < 1.29 is 9.47 Å². The predicted molar refractivity (Wildman–Crippen MR) is 33.7 cm³/mol. The lowest BCUT2D eigenvalue weighted by atomic mass is 10.4. The molecule has 1 fully saturated rings. The van der Waals surface area contributed by atoms with Crippen LogP contribution in [0.3, 0.4) is 0 Å². The SMILES string of the molecule is CC1OC(C)(C)OC1N. The molecular formula is C6H13NO2. The van der Waals surface area contributed by atoms with E-state index in [1.165, 1.54) is 0 Å². The molecule has 0 spiro atoms. The summed E-state index contributed by atoms with van der Waals surface area (Å²) < 4.78 is 10.5. The topological polar surface area (TPSA) is 44.5 Å². The van der Waals surface area contributed by atoms with Gasteiger partial charge in [0.25, 0.3) is 0 Å². The summed E-state index contributed by atoms with van der Waals surface area (Å²) in [7, 11) is 0. The Kier molecular flexibility index (Phi) is 1.50. The van der Waals surface area contributed by atoms with Gasteiger partial charge in [0.05, 0.1) is 6.10 Å². The van der Waals surface area contributed by atoms with Crippen LogP contribution in [-0.4, -0.2) is 18.1 Å². The average Bonchev–Trinajstić information content (AvgIpc) is 1.79. The van der Waals surface area contributed by atoms with E-state index in [0.717, 1.165) is 0 Å². The molecular weight excluding hydrogens is 118 g/mol. The molecule has 0 amide bonds. The molecule has 0 saturated carbocycles. The molecule has 1 heterocycles. The Bertz CT molecular complexity index is 102. The Labute approximate surface area is 55.1 Å². The molecule has 0 radical (unpaired) electrons. The molecule has 2 atom stereocenters. The second-order valence-corrected chi connectivity index (χ2v) is 2.81. The van der Waals surface area contributed by atoms with Gasteiger partial charge in [-0.15, -0.1) is 0 Å². The smallest absolute Gasteiger partial charge is 0.165 e. The van der Waals surface area contributed by atoms with E-state index in [9.17, 15) is 0 Å². The second-order valence-electron chi connectivity index (χ2n) is 2.81. The highest BCUT2D eigenvalue weighted by Crippen LogP contribution is 2.24. The minimum Gasteiger partial charge on any atom is -0.343 e. The van der Waals surface area contributed by atoms with Crippen LogP contribution in [0.4, 0.5) is 0 Å². The molecule has 2 N–H and O–H groups in total. The normalized spacial score (nSPS) is 41.3. The number of nitrogens with two attached hydrogens (primary N) is 1. The molecule has 1 aliphatic rings. The van der Waals surface area contributed by atoms with Gasteiger partial charge in [0.15, 0.2) is 5.79 Å². The van der Waals surface area contributed by atoms with Crippen molar-refractivity contribution in [3.63, 3.8) is 0 Å². The molecule has 2 unspecified atom stereocenters. The van der Waals surface area contributed by atoms with E-state index in [2.05, 4.69) is 0 Å². The lowest BCUT2D eigenvalue weighted by molar-refractivity contribution is -0.144. The summed E-state index contributed by atoms with van der Waals surface area (Å²) in [6, 6.07) is 0. The van der Waals surface area contributed by atoms with Gasteiger partial charge in [0.1, 0.15) is 6.23 Å². The maximum absolute atomic E-state index is 5.51. The highest BCUT2D eigenvalue weighted by Gasteiger charge is 2.36. The number of ether oxygens (including phenoxy) is 2. The van der Waals surface area contributed by atoms with Crippen LogP contribution in [-0.2, 0) is 9.47 Å². The third kappa shape index (κ3) is 1.41. The zero-order valence-corrected chi connectivity index (χ0v) is 6.05. The third-order valence-corrected chi connectivity index (χ3v) is 1.35. The van der Waals surface area contributed by atoms with Gasteiger partial charge in [0, 0.05) is 0 Å². The van der Waals surface area contributed by atoms with Crippen molar-refractivity contribution in [1.29, 1.82) is 0 Å². The van der Waals surface area contributed by atoms with Gasteiger partial charge in [0.2, 0.25) is 0 Å². The molecule has 0 aliphatic carbocycles. The van der Waals surface area contributed by atoms with Crippen molar-refractivity contribution in [2.24, 2.45) is 5.73 Å². The van der Waals surface area contributed by atoms with E-state index in [1.54, 1.807) is 0 Å². The molecule has 3 heteroatoms. The fourth-order valence-electron chi connectivity index (χ4n) is 0.966. The summed E-state index contributed by atoms with van der Waals surface area (Å²) in [5, 5.41) is 0. The van der Waals surface area contributed by atoms with Crippen molar-refractivity contribution in [1.82, 2.24) is 0 Å². The van der Waals surface area contributed by atoms with Crippen molar-refractivity contribution in [2.75, 3.05) is 0 Å². The van der Waals surface area contributed by atoms with Gasteiger partial charge in [-0.2, -0.15) is 0 Å². The summed E-state index contributed by atoms with van der Waals surface area (Å²) >= 11 is 0. The molecule has 0 aromatic carbocycles. The van der Waals surface area contributed by atoms with Crippen LogP contribution in [0.25, 0.3) is 0 Å². The molecule has 1 aliphatic heterocycles. The van der Waals surface area contributed by atoms with E-state index >= 15 is 0 Å². The van der Waals surface area contributed by atoms with Crippen molar-refractivity contribution >= 4 is 0 Å². The van der Waals surface area contributed by atoms with Gasteiger partial charge in [-0.3, -0.25) is 0 Å². The van der Waals surface area contributed by atoms with Crippen molar-refractivity contribution in [3.8, 4) is 0 Å². The van der Waals surface area contributed by atoms with Crippen LogP contribution in [0.2, 0.25) is 0 Å². The molecule has 1 rings (SSSR count). The van der Waals surface area contributed by atoms with Crippen LogP contribution < -0.4 is 5.73 Å². The first kappa shape index (κ1) is 6.99. The highest BCUT2D eigenvalue weighted by atomic mass is 16.8. The van der Waals surface area contributed by atoms with E-state index in [4.69, 9.17) is 15.2 Å². The van der Waals surface area contributed by atoms with Gasteiger partial charge in [-0.25, -0.2) is 0 Å². The Balaban J connectivity index is 2.54. The van der Waals surface area contributed by atoms with E-state index in [-0.39, 0.29) is 12.3 Å². The monoisotopic (exact) mass is 131 g/mol. The highest BCUT2D eigenvalue weighted by molar-refractivity contribution is 4.72. The Morgan fingerprint density at radius 2 is 1.89 bits per heavy atom. The molecule has 54 valence electrons. The van der Waals surface area contributed by atoms with E-state index in [0.29, 0.717) is 0 Å². The molecule has 0 aromatic heterocycles. The van der Waals surface area contributed by atoms with Crippen LogP contribution >= 0.6 is 0 Å². The lowest BCUT2D eigenvalue weighted by Gasteiger charge is -2.15. The minimum absolute atomic E-state index is 0.0139. The molecule has 3 nitrogen and oxygen atoms in total. The Hall–Kier alpha value is -0.120. The molecule has 9 heavy (non-hydrogen) atoms. The zero-order chi connectivity index (χ0) is 7.07. The lowest BCUT2D eigenvalue weighted by Crippen LogP contribution is -2.29. The van der Waals surface area contributed by atoms with Crippen LogP contribution in [0.1, 0.15) is 20.8 Å². The Morgan fingerprint density at radius 1 is 1.33 bits per heavy atom. The molecule has 0 aromatic rings. The summed E-state index contributed by atoms with van der Waals surface area (Å²) in [5.41, 5.74) is 5.51. The number of hydrogen-bond donors (Lipinski definition) is 1. The first-order valence-corrected chi connectivity index (χ1v) is 3.12. The maximum Gasteiger partial charge on any atom is 0.165 e. The fraction of sp³-hybridized carbons (Fsp3) is 1.00. The van der Waals surface area contributed by atoms with Crippen LogP contribution in [0, 0.1) is 0 Å². The largest absolute Gasteiger partial charge is 0.343 e. The first-order chi connectivity index (χ1) is 4.01. The predicted octanol–water partition coefficient (Wildman–Crippen LogP) is 0.443. The van der Waals surface area contributed by atoms with Crippen molar-refractivity contribution in [3.05, 3.63) is 0 Å². The van der Waals surface area contributed by atoms with E-state index in [1.807, 2.05) is 20.8 Å². The fourth-order valence-corrected chi connectivity index (χ4v) is 0.966. The van der Waals surface area contributed by atoms with Gasteiger partial charge < -0.3 is 15.2 Å². The average molecular weight is 131 g/mol. The van der Waals surface area contributed by atoms with Gasteiger partial charge >= 0.3 is 0 Å². The Morgan fingerprint density at radius 3 is 2.00 bits per heavy atom. The molecule has 0 bridgehead atoms.